The molecule has 0 aliphatic heterocycles. The number of nitrogens with zero attached hydrogens (tertiary/aromatic N) is 1. The highest BCUT2D eigenvalue weighted by Gasteiger charge is 2.14. The molecule has 1 atom stereocenters. The summed E-state index contributed by atoms with van der Waals surface area (Å²) in [4.78, 5) is 4.00. The van der Waals surface area contributed by atoms with Crippen LogP contribution in [0.1, 0.15) is 12.6 Å². The topological polar surface area (TPSA) is 73.1 Å². The molecule has 4 nitrogen and oxygen atoms in total. The fraction of sp³-hybridized carbons (Fsp3) is 0.444. The van der Waals surface area contributed by atoms with Gasteiger partial charge in [-0.2, -0.15) is 0 Å². The second-order valence-electron chi connectivity index (χ2n) is 3.50. The molecule has 1 unspecified atom stereocenters. The molecular weight excluding hydrogens is 280 g/mol. The van der Waals surface area contributed by atoms with Crippen molar-refractivity contribution in [2.75, 3.05) is 5.75 Å². The summed E-state index contributed by atoms with van der Waals surface area (Å²) in [6.07, 6.45) is 1.58. The normalized spacial score (nSPS) is 13.8. The number of sulfone groups is 1. The zero-order valence-electron chi connectivity index (χ0n) is 8.35. The summed E-state index contributed by atoms with van der Waals surface area (Å²) in [5.74, 6) is -0.0629. The van der Waals surface area contributed by atoms with Crippen molar-refractivity contribution in [2.24, 2.45) is 5.73 Å². The molecule has 0 amide bonds. The van der Waals surface area contributed by atoms with Crippen LogP contribution < -0.4 is 5.73 Å². The molecule has 6 heteroatoms. The molecule has 1 heterocycles. The molecule has 1 rings (SSSR count). The van der Waals surface area contributed by atoms with Gasteiger partial charge in [0, 0.05) is 16.7 Å². The Morgan fingerprint density at radius 3 is 2.67 bits per heavy atom. The Balaban J connectivity index is 2.73. The van der Waals surface area contributed by atoms with Crippen molar-refractivity contribution < 1.29 is 8.42 Å². The molecule has 1 aromatic rings. The van der Waals surface area contributed by atoms with Gasteiger partial charge in [-0.3, -0.25) is 4.98 Å². The predicted octanol–water partition coefficient (Wildman–Crippen LogP) is 1.11. The molecule has 0 aromatic carbocycles. The summed E-state index contributed by atoms with van der Waals surface area (Å²) in [5, 5.41) is 0. The second-order valence-corrected chi connectivity index (χ2v) is 6.52. The standard InChI is InChI=1S/C9H13BrN2O2S/c1-7(11)5-15(13,14)6-9-3-2-8(10)4-12-9/h2-4,7H,5-6,11H2,1H3. The van der Waals surface area contributed by atoms with Gasteiger partial charge >= 0.3 is 0 Å². The van der Waals surface area contributed by atoms with Gasteiger partial charge in [0.15, 0.2) is 9.84 Å². The molecule has 0 radical (unpaired) electrons. The zero-order chi connectivity index (χ0) is 11.5. The fourth-order valence-electron chi connectivity index (χ4n) is 1.18. The number of nitrogens with two attached hydrogens (primary N) is 1. The minimum atomic E-state index is -3.15. The van der Waals surface area contributed by atoms with Crippen LogP contribution in [0.4, 0.5) is 0 Å². The van der Waals surface area contributed by atoms with Gasteiger partial charge in [-0.25, -0.2) is 8.42 Å². The highest BCUT2D eigenvalue weighted by atomic mass is 79.9. The lowest BCUT2D eigenvalue weighted by Crippen LogP contribution is -2.27. The first kappa shape index (κ1) is 12.6. The lowest BCUT2D eigenvalue weighted by molar-refractivity contribution is 0.588. The van der Waals surface area contributed by atoms with E-state index in [0.29, 0.717) is 5.69 Å². The first-order chi connectivity index (χ1) is 6.89. The van der Waals surface area contributed by atoms with E-state index in [2.05, 4.69) is 20.9 Å². The lowest BCUT2D eigenvalue weighted by Gasteiger charge is -2.06. The summed E-state index contributed by atoms with van der Waals surface area (Å²) in [7, 11) is -3.15. The van der Waals surface area contributed by atoms with E-state index in [4.69, 9.17) is 5.73 Å². The van der Waals surface area contributed by atoms with Gasteiger partial charge in [-0.15, -0.1) is 0 Å². The van der Waals surface area contributed by atoms with Gasteiger partial charge in [0.25, 0.3) is 0 Å². The maximum atomic E-state index is 11.6. The quantitative estimate of drug-likeness (QED) is 0.902. The van der Waals surface area contributed by atoms with E-state index in [1.165, 1.54) is 0 Å². The van der Waals surface area contributed by atoms with Crippen molar-refractivity contribution in [3.63, 3.8) is 0 Å². The first-order valence-electron chi connectivity index (χ1n) is 4.45. The highest BCUT2D eigenvalue weighted by Crippen LogP contribution is 2.10. The summed E-state index contributed by atoms with van der Waals surface area (Å²) >= 11 is 3.23. The molecular formula is C9H13BrN2O2S. The molecule has 15 heavy (non-hydrogen) atoms. The Hall–Kier alpha value is -0.460. The predicted molar refractivity (Wildman–Crippen MR) is 63.1 cm³/mol. The molecule has 0 aliphatic rings. The third kappa shape index (κ3) is 4.72. The van der Waals surface area contributed by atoms with Crippen LogP contribution in [-0.4, -0.2) is 25.2 Å². The van der Waals surface area contributed by atoms with Crippen LogP contribution in [0.25, 0.3) is 0 Å². The maximum absolute atomic E-state index is 11.6. The van der Waals surface area contributed by atoms with Gasteiger partial charge in [0.1, 0.15) is 0 Å². The molecule has 0 fully saturated rings. The van der Waals surface area contributed by atoms with Gasteiger partial charge in [0.05, 0.1) is 17.2 Å². The largest absolute Gasteiger partial charge is 0.327 e. The van der Waals surface area contributed by atoms with Gasteiger partial charge in [0.2, 0.25) is 0 Å². The van der Waals surface area contributed by atoms with Crippen LogP contribution in [0.15, 0.2) is 22.8 Å². The second kappa shape index (κ2) is 5.05. The zero-order valence-corrected chi connectivity index (χ0v) is 10.8. The number of hydrogen-bond donors (Lipinski definition) is 1. The van der Waals surface area contributed by atoms with E-state index in [9.17, 15) is 8.42 Å². The third-order valence-electron chi connectivity index (χ3n) is 1.67. The smallest absolute Gasteiger partial charge is 0.157 e. The summed E-state index contributed by atoms with van der Waals surface area (Å²) in [6, 6.07) is 3.11. The molecule has 0 aliphatic carbocycles. The Bertz CT molecular complexity index is 414. The Morgan fingerprint density at radius 1 is 1.53 bits per heavy atom. The lowest BCUT2D eigenvalue weighted by atomic mass is 10.4. The van der Waals surface area contributed by atoms with E-state index in [1.54, 1.807) is 25.3 Å². The highest BCUT2D eigenvalue weighted by molar-refractivity contribution is 9.10. The van der Waals surface area contributed by atoms with Crippen LogP contribution in [0.2, 0.25) is 0 Å². The van der Waals surface area contributed by atoms with Crippen LogP contribution in [0.3, 0.4) is 0 Å². The number of halogens is 1. The van der Waals surface area contributed by atoms with Crippen LogP contribution in [0, 0.1) is 0 Å². The molecule has 0 bridgehead atoms. The Morgan fingerprint density at radius 2 is 2.20 bits per heavy atom. The fourth-order valence-corrected chi connectivity index (χ4v) is 2.95. The van der Waals surface area contributed by atoms with E-state index in [-0.39, 0.29) is 17.5 Å². The summed E-state index contributed by atoms with van der Waals surface area (Å²) in [5.41, 5.74) is 5.99. The van der Waals surface area contributed by atoms with Gasteiger partial charge in [-0.05, 0) is 35.0 Å². The molecule has 2 N–H and O–H groups in total. The number of pyridine rings is 1. The van der Waals surface area contributed by atoms with Crippen molar-refractivity contribution in [2.45, 2.75) is 18.7 Å². The van der Waals surface area contributed by atoms with Crippen LogP contribution in [0.5, 0.6) is 0 Å². The van der Waals surface area contributed by atoms with Crippen molar-refractivity contribution in [1.82, 2.24) is 4.98 Å². The Kier molecular flexibility index (Phi) is 4.24. The van der Waals surface area contributed by atoms with Gasteiger partial charge < -0.3 is 5.73 Å². The average Bonchev–Trinajstić information content (AvgIpc) is 2.06. The monoisotopic (exact) mass is 292 g/mol. The minimum Gasteiger partial charge on any atom is -0.327 e. The number of rotatable bonds is 4. The number of aromatic nitrogens is 1. The van der Waals surface area contributed by atoms with Crippen molar-refractivity contribution >= 4 is 25.8 Å². The van der Waals surface area contributed by atoms with E-state index in [1.807, 2.05) is 0 Å². The molecule has 0 spiro atoms. The van der Waals surface area contributed by atoms with Crippen LogP contribution >= 0.6 is 15.9 Å². The van der Waals surface area contributed by atoms with Crippen LogP contribution in [-0.2, 0) is 15.6 Å². The molecule has 0 saturated carbocycles. The van der Waals surface area contributed by atoms with Crippen molar-refractivity contribution in [1.29, 1.82) is 0 Å². The minimum absolute atomic E-state index is 0.00918. The van der Waals surface area contributed by atoms with Crippen molar-refractivity contribution in [3.8, 4) is 0 Å². The molecule has 84 valence electrons. The van der Waals surface area contributed by atoms with Crippen molar-refractivity contribution in [3.05, 3.63) is 28.5 Å². The maximum Gasteiger partial charge on any atom is 0.157 e. The molecule has 0 saturated heterocycles. The number of hydrogen-bond acceptors (Lipinski definition) is 4. The van der Waals surface area contributed by atoms with E-state index in [0.717, 1.165) is 4.47 Å². The van der Waals surface area contributed by atoms with E-state index < -0.39 is 9.84 Å². The Labute approximate surface area is 97.9 Å². The SMILES string of the molecule is CC(N)CS(=O)(=O)Cc1ccc(Br)cn1. The summed E-state index contributed by atoms with van der Waals surface area (Å²) in [6.45, 7) is 1.67. The third-order valence-corrected chi connectivity index (χ3v) is 3.91. The van der Waals surface area contributed by atoms with E-state index >= 15 is 0 Å². The molecule has 1 aromatic heterocycles. The summed E-state index contributed by atoms with van der Waals surface area (Å²) < 4.78 is 24.0. The van der Waals surface area contributed by atoms with Gasteiger partial charge in [-0.1, -0.05) is 0 Å². The average molecular weight is 293 g/mol. The first-order valence-corrected chi connectivity index (χ1v) is 7.07.